The summed E-state index contributed by atoms with van der Waals surface area (Å²) >= 11 is 11.0. The summed E-state index contributed by atoms with van der Waals surface area (Å²) in [6.07, 6.45) is 0. The van der Waals surface area contributed by atoms with Gasteiger partial charge in [0.25, 0.3) is 0 Å². The number of hydrogen-bond acceptors (Lipinski definition) is 3. The van der Waals surface area contributed by atoms with Gasteiger partial charge in [-0.05, 0) is 58.7 Å². The Morgan fingerprint density at radius 3 is 2.80 bits per heavy atom. The lowest BCUT2D eigenvalue weighted by molar-refractivity contribution is 0.342. The number of thioether (sulfide) groups is 1. The SMILES string of the molecule is Cc1ccc(N)c(SCCOc2ccc(Cl)cc2Br)c1. The van der Waals surface area contributed by atoms with Crippen LogP contribution in [0.5, 0.6) is 5.75 Å². The van der Waals surface area contributed by atoms with E-state index < -0.39 is 0 Å². The molecule has 0 fully saturated rings. The number of nitrogens with two attached hydrogens (primary N) is 1. The van der Waals surface area contributed by atoms with E-state index >= 15 is 0 Å². The molecule has 5 heteroatoms. The molecule has 0 aliphatic carbocycles. The summed E-state index contributed by atoms with van der Waals surface area (Å²) in [5, 5.41) is 0.686. The summed E-state index contributed by atoms with van der Waals surface area (Å²) < 4.78 is 6.58. The molecule has 0 unspecified atom stereocenters. The van der Waals surface area contributed by atoms with E-state index in [0.717, 1.165) is 26.6 Å². The minimum absolute atomic E-state index is 0.609. The quantitative estimate of drug-likeness (QED) is 0.447. The topological polar surface area (TPSA) is 35.2 Å². The highest BCUT2D eigenvalue weighted by molar-refractivity contribution is 9.10. The molecule has 0 heterocycles. The minimum Gasteiger partial charge on any atom is -0.492 e. The number of benzene rings is 2. The van der Waals surface area contributed by atoms with E-state index in [1.165, 1.54) is 5.56 Å². The Bertz CT molecular complexity index is 606. The number of rotatable bonds is 5. The van der Waals surface area contributed by atoms with Gasteiger partial charge < -0.3 is 10.5 Å². The predicted octanol–water partition coefficient (Wildman–Crippen LogP) is 5.16. The minimum atomic E-state index is 0.609. The molecule has 2 aromatic rings. The van der Waals surface area contributed by atoms with Crippen molar-refractivity contribution < 1.29 is 4.74 Å². The molecule has 106 valence electrons. The van der Waals surface area contributed by atoms with Gasteiger partial charge in [0.1, 0.15) is 5.75 Å². The van der Waals surface area contributed by atoms with Crippen molar-refractivity contribution in [2.45, 2.75) is 11.8 Å². The first-order chi connectivity index (χ1) is 9.56. The van der Waals surface area contributed by atoms with Crippen LogP contribution >= 0.6 is 39.3 Å². The van der Waals surface area contributed by atoms with Crippen molar-refractivity contribution in [3.05, 3.63) is 51.5 Å². The number of hydrogen-bond donors (Lipinski definition) is 1. The van der Waals surface area contributed by atoms with E-state index in [2.05, 4.69) is 28.9 Å². The van der Waals surface area contributed by atoms with Gasteiger partial charge in [0, 0.05) is 21.4 Å². The van der Waals surface area contributed by atoms with E-state index in [1.54, 1.807) is 11.8 Å². The molecule has 0 aromatic heterocycles. The second-order valence-corrected chi connectivity index (χ2v) is 6.74. The summed E-state index contributed by atoms with van der Waals surface area (Å²) in [7, 11) is 0. The Hall–Kier alpha value is -0.840. The Balaban J connectivity index is 1.86. The second kappa shape index (κ2) is 7.25. The van der Waals surface area contributed by atoms with E-state index in [0.29, 0.717) is 11.6 Å². The molecule has 2 rings (SSSR count). The van der Waals surface area contributed by atoms with Gasteiger partial charge in [0.15, 0.2) is 0 Å². The van der Waals surface area contributed by atoms with Crippen LogP contribution in [-0.2, 0) is 0 Å². The highest BCUT2D eigenvalue weighted by Gasteiger charge is 2.03. The van der Waals surface area contributed by atoms with Crippen molar-refractivity contribution in [1.82, 2.24) is 0 Å². The number of aryl methyl sites for hydroxylation is 1. The van der Waals surface area contributed by atoms with Gasteiger partial charge in [-0.15, -0.1) is 11.8 Å². The van der Waals surface area contributed by atoms with E-state index in [9.17, 15) is 0 Å². The Morgan fingerprint density at radius 2 is 2.05 bits per heavy atom. The van der Waals surface area contributed by atoms with Crippen LogP contribution in [0.4, 0.5) is 5.69 Å². The number of halogens is 2. The standard InChI is InChI=1S/C15H15BrClNOS/c1-10-2-4-13(18)15(8-10)20-7-6-19-14-5-3-11(17)9-12(14)16/h2-5,8-9H,6-7,18H2,1H3. The molecular weight excluding hydrogens is 358 g/mol. The average molecular weight is 373 g/mol. The van der Waals surface area contributed by atoms with E-state index in [1.807, 2.05) is 30.3 Å². The van der Waals surface area contributed by atoms with Gasteiger partial charge in [-0.25, -0.2) is 0 Å². The Kier molecular flexibility index (Phi) is 5.64. The average Bonchev–Trinajstić information content (AvgIpc) is 2.40. The first-order valence-corrected chi connectivity index (χ1v) is 8.28. The summed E-state index contributed by atoms with van der Waals surface area (Å²) in [5.74, 6) is 1.63. The molecule has 0 amide bonds. The molecule has 0 aliphatic rings. The van der Waals surface area contributed by atoms with Crippen LogP contribution in [0.2, 0.25) is 5.02 Å². The monoisotopic (exact) mass is 371 g/mol. The highest BCUT2D eigenvalue weighted by Crippen LogP contribution is 2.29. The molecule has 0 saturated carbocycles. The third-order valence-electron chi connectivity index (χ3n) is 2.66. The molecule has 2 aromatic carbocycles. The Morgan fingerprint density at radius 1 is 1.25 bits per heavy atom. The fourth-order valence-electron chi connectivity index (χ4n) is 1.66. The molecular formula is C15H15BrClNOS. The molecule has 0 bridgehead atoms. The molecule has 0 atom stereocenters. The van der Waals surface area contributed by atoms with Crippen LogP contribution in [0.3, 0.4) is 0 Å². The van der Waals surface area contributed by atoms with Crippen molar-refractivity contribution in [3.63, 3.8) is 0 Å². The number of nitrogen functional groups attached to an aromatic ring is 1. The van der Waals surface area contributed by atoms with Crippen molar-refractivity contribution in [2.75, 3.05) is 18.1 Å². The fourth-order valence-corrected chi connectivity index (χ4v) is 3.35. The summed E-state index contributed by atoms with van der Waals surface area (Å²) in [4.78, 5) is 1.10. The van der Waals surface area contributed by atoms with Crippen molar-refractivity contribution in [3.8, 4) is 5.75 Å². The van der Waals surface area contributed by atoms with Crippen LogP contribution in [0, 0.1) is 6.92 Å². The Labute approximate surface area is 136 Å². The van der Waals surface area contributed by atoms with Gasteiger partial charge in [0.05, 0.1) is 11.1 Å². The largest absolute Gasteiger partial charge is 0.492 e. The van der Waals surface area contributed by atoms with Crippen LogP contribution in [0.1, 0.15) is 5.56 Å². The summed E-state index contributed by atoms with van der Waals surface area (Å²) in [5.41, 5.74) is 7.96. The molecule has 2 N–H and O–H groups in total. The van der Waals surface area contributed by atoms with Gasteiger partial charge >= 0.3 is 0 Å². The molecule has 0 saturated heterocycles. The number of ether oxygens (including phenoxy) is 1. The maximum absolute atomic E-state index is 5.94. The van der Waals surface area contributed by atoms with Crippen LogP contribution in [0.25, 0.3) is 0 Å². The molecule has 0 spiro atoms. The van der Waals surface area contributed by atoms with Crippen LogP contribution in [0.15, 0.2) is 45.8 Å². The van der Waals surface area contributed by atoms with Gasteiger partial charge in [-0.2, -0.15) is 0 Å². The van der Waals surface area contributed by atoms with E-state index in [4.69, 9.17) is 22.1 Å². The lowest BCUT2D eigenvalue weighted by Crippen LogP contribution is -2.01. The van der Waals surface area contributed by atoms with Gasteiger partial charge in [-0.1, -0.05) is 17.7 Å². The normalized spacial score (nSPS) is 10.6. The molecule has 2 nitrogen and oxygen atoms in total. The molecule has 0 radical (unpaired) electrons. The van der Waals surface area contributed by atoms with Gasteiger partial charge in [-0.3, -0.25) is 0 Å². The van der Waals surface area contributed by atoms with Crippen molar-refractivity contribution in [1.29, 1.82) is 0 Å². The van der Waals surface area contributed by atoms with Crippen LogP contribution < -0.4 is 10.5 Å². The van der Waals surface area contributed by atoms with Crippen LogP contribution in [-0.4, -0.2) is 12.4 Å². The van der Waals surface area contributed by atoms with Crippen molar-refractivity contribution in [2.24, 2.45) is 0 Å². The van der Waals surface area contributed by atoms with E-state index in [-0.39, 0.29) is 0 Å². The first kappa shape index (κ1) is 15.5. The van der Waals surface area contributed by atoms with Crippen molar-refractivity contribution >= 4 is 45.0 Å². The summed E-state index contributed by atoms with van der Waals surface area (Å²) in [6.45, 7) is 2.67. The second-order valence-electron chi connectivity index (χ2n) is 4.31. The lowest BCUT2D eigenvalue weighted by Gasteiger charge is -2.09. The predicted molar refractivity (Wildman–Crippen MR) is 91.0 cm³/mol. The lowest BCUT2D eigenvalue weighted by atomic mass is 10.2. The number of anilines is 1. The van der Waals surface area contributed by atoms with Gasteiger partial charge in [0.2, 0.25) is 0 Å². The third-order valence-corrected chi connectivity index (χ3v) is 4.55. The summed E-state index contributed by atoms with van der Waals surface area (Å²) in [6, 6.07) is 11.5. The zero-order chi connectivity index (χ0) is 14.5. The molecule has 20 heavy (non-hydrogen) atoms. The maximum Gasteiger partial charge on any atom is 0.133 e. The maximum atomic E-state index is 5.94. The zero-order valence-corrected chi connectivity index (χ0v) is 14.2. The third kappa shape index (κ3) is 4.33. The zero-order valence-electron chi connectivity index (χ0n) is 11.0. The first-order valence-electron chi connectivity index (χ1n) is 6.13. The highest BCUT2D eigenvalue weighted by atomic mass is 79.9. The fraction of sp³-hybridized carbons (Fsp3) is 0.200. The molecule has 0 aliphatic heterocycles. The smallest absolute Gasteiger partial charge is 0.133 e.